The van der Waals surface area contributed by atoms with E-state index in [4.69, 9.17) is 9.15 Å². The van der Waals surface area contributed by atoms with E-state index in [0.29, 0.717) is 13.2 Å². The maximum Gasteiger partial charge on any atom is 0.109 e. The highest BCUT2D eigenvalue weighted by molar-refractivity contribution is 5.26. The van der Waals surface area contributed by atoms with Gasteiger partial charge in [-0.1, -0.05) is 13.8 Å². The molecule has 0 bridgehead atoms. The lowest BCUT2D eigenvalue weighted by molar-refractivity contribution is 0.0606. The fourth-order valence-corrected chi connectivity index (χ4v) is 2.69. The Morgan fingerprint density at radius 1 is 1.61 bits per heavy atom. The van der Waals surface area contributed by atoms with Gasteiger partial charge in [0, 0.05) is 31.7 Å². The fraction of sp³-hybridized carbons (Fsp3) is 0.714. The van der Waals surface area contributed by atoms with E-state index in [1.54, 1.807) is 13.4 Å². The normalized spacial score (nSPS) is 23.7. The van der Waals surface area contributed by atoms with Crippen molar-refractivity contribution < 1.29 is 14.3 Å². The molecular formula is C14H23NO3. The molecule has 1 aromatic rings. The number of nitrogens with one attached hydrogen (secondary N) is 1. The number of aliphatic hydroxyl groups is 1. The van der Waals surface area contributed by atoms with Crippen LogP contribution in [-0.4, -0.2) is 31.5 Å². The van der Waals surface area contributed by atoms with Crippen molar-refractivity contribution in [2.75, 3.05) is 20.3 Å². The van der Waals surface area contributed by atoms with Gasteiger partial charge in [0.05, 0.1) is 19.0 Å². The topological polar surface area (TPSA) is 54.6 Å². The molecule has 1 aliphatic rings. The first-order chi connectivity index (χ1) is 8.52. The van der Waals surface area contributed by atoms with Crippen LogP contribution >= 0.6 is 0 Å². The second kappa shape index (κ2) is 5.43. The summed E-state index contributed by atoms with van der Waals surface area (Å²) in [6.45, 7) is 5.40. The molecule has 0 amide bonds. The molecular weight excluding hydrogens is 230 g/mol. The molecule has 4 heteroatoms. The van der Waals surface area contributed by atoms with Crippen LogP contribution in [0.3, 0.4) is 0 Å². The highest BCUT2D eigenvalue weighted by atomic mass is 16.5. The van der Waals surface area contributed by atoms with Crippen molar-refractivity contribution in [3.8, 4) is 0 Å². The molecule has 0 fully saturated rings. The molecule has 1 heterocycles. The summed E-state index contributed by atoms with van der Waals surface area (Å²) in [4.78, 5) is 0. The van der Waals surface area contributed by atoms with E-state index in [9.17, 15) is 5.11 Å². The summed E-state index contributed by atoms with van der Waals surface area (Å²) in [6.07, 6.45) is 3.33. The summed E-state index contributed by atoms with van der Waals surface area (Å²) in [7, 11) is 1.60. The zero-order chi connectivity index (χ0) is 13.2. The number of hydrogen-bond donors (Lipinski definition) is 2. The lowest BCUT2D eigenvalue weighted by Crippen LogP contribution is -2.37. The SMILES string of the molecule is COCC(O)CNC1CC(C)(C)Cc2occc21. The summed E-state index contributed by atoms with van der Waals surface area (Å²) in [5.74, 6) is 1.07. The van der Waals surface area contributed by atoms with Crippen LogP contribution in [0.1, 0.15) is 37.6 Å². The molecule has 2 atom stereocenters. The second-order valence-corrected chi connectivity index (χ2v) is 5.91. The van der Waals surface area contributed by atoms with Crippen LogP contribution in [0, 0.1) is 5.41 Å². The van der Waals surface area contributed by atoms with Gasteiger partial charge in [-0.25, -0.2) is 0 Å². The number of fused-ring (bicyclic) bond motifs is 1. The van der Waals surface area contributed by atoms with E-state index < -0.39 is 6.10 Å². The molecule has 0 radical (unpaired) electrons. The van der Waals surface area contributed by atoms with Gasteiger partial charge in [-0.2, -0.15) is 0 Å². The molecule has 1 aromatic heterocycles. The molecule has 4 nitrogen and oxygen atoms in total. The first-order valence-electron chi connectivity index (χ1n) is 6.48. The van der Waals surface area contributed by atoms with Crippen molar-refractivity contribution in [2.24, 2.45) is 5.41 Å². The lowest BCUT2D eigenvalue weighted by atomic mass is 9.75. The van der Waals surface area contributed by atoms with Crippen molar-refractivity contribution in [1.82, 2.24) is 5.32 Å². The minimum Gasteiger partial charge on any atom is -0.469 e. The standard InChI is InChI=1S/C14H23NO3/c1-14(2)6-12(15-8-10(16)9-17-3)11-4-5-18-13(11)7-14/h4-5,10,12,15-16H,6-9H2,1-3H3. The monoisotopic (exact) mass is 253 g/mol. The number of aliphatic hydroxyl groups excluding tert-OH is 1. The third kappa shape index (κ3) is 3.13. The predicted molar refractivity (Wildman–Crippen MR) is 69.4 cm³/mol. The smallest absolute Gasteiger partial charge is 0.109 e. The molecule has 0 saturated heterocycles. The molecule has 0 aliphatic heterocycles. The first kappa shape index (κ1) is 13.6. The highest BCUT2D eigenvalue weighted by Gasteiger charge is 2.34. The Morgan fingerprint density at radius 3 is 3.11 bits per heavy atom. The summed E-state index contributed by atoms with van der Waals surface area (Å²) in [5, 5.41) is 13.1. The summed E-state index contributed by atoms with van der Waals surface area (Å²) in [6, 6.07) is 2.29. The Bertz CT molecular complexity index is 386. The van der Waals surface area contributed by atoms with Crippen LogP contribution < -0.4 is 5.32 Å². The van der Waals surface area contributed by atoms with Gasteiger partial charge in [0.2, 0.25) is 0 Å². The largest absolute Gasteiger partial charge is 0.469 e. The fourth-order valence-electron chi connectivity index (χ4n) is 2.69. The number of rotatable bonds is 5. The molecule has 102 valence electrons. The van der Waals surface area contributed by atoms with Crippen LogP contribution in [-0.2, 0) is 11.2 Å². The molecule has 2 unspecified atom stereocenters. The molecule has 18 heavy (non-hydrogen) atoms. The second-order valence-electron chi connectivity index (χ2n) is 5.91. The quantitative estimate of drug-likeness (QED) is 0.841. The number of hydrogen-bond acceptors (Lipinski definition) is 4. The van der Waals surface area contributed by atoms with Gasteiger partial charge < -0.3 is 19.6 Å². The van der Waals surface area contributed by atoms with E-state index in [2.05, 4.69) is 19.2 Å². The van der Waals surface area contributed by atoms with E-state index in [-0.39, 0.29) is 11.5 Å². The van der Waals surface area contributed by atoms with Crippen molar-refractivity contribution in [1.29, 1.82) is 0 Å². The Balaban J connectivity index is 2.00. The van der Waals surface area contributed by atoms with Crippen LogP contribution in [0.25, 0.3) is 0 Å². The molecule has 0 saturated carbocycles. The van der Waals surface area contributed by atoms with Gasteiger partial charge in [-0.15, -0.1) is 0 Å². The van der Waals surface area contributed by atoms with Gasteiger partial charge in [-0.05, 0) is 17.9 Å². The Labute approximate surface area is 108 Å². The Hall–Kier alpha value is -0.840. The maximum atomic E-state index is 9.70. The molecule has 0 spiro atoms. The lowest BCUT2D eigenvalue weighted by Gasteiger charge is -2.35. The zero-order valence-corrected chi connectivity index (χ0v) is 11.4. The molecule has 2 N–H and O–H groups in total. The molecule has 1 aliphatic carbocycles. The van der Waals surface area contributed by atoms with Crippen molar-refractivity contribution in [2.45, 2.75) is 38.8 Å². The van der Waals surface area contributed by atoms with E-state index in [0.717, 1.165) is 18.6 Å². The van der Waals surface area contributed by atoms with Crippen molar-refractivity contribution in [3.63, 3.8) is 0 Å². The summed E-state index contributed by atoms with van der Waals surface area (Å²) < 4.78 is 10.5. The first-order valence-corrected chi connectivity index (χ1v) is 6.48. The highest BCUT2D eigenvalue weighted by Crippen LogP contribution is 2.41. The average molecular weight is 253 g/mol. The molecule has 2 rings (SSSR count). The van der Waals surface area contributed by atoms with Gasteiger partial charge in [0.1, 0.15) is 5.76 Å². The number of methoxy groups -OCH3 is 1. The Kier molecular flexibility index (Phi) is 4.10. The third-order valence-corrected chi connectivity index (χ3v) is 3.51. The maximum absolute atomic E-state index is 9.70. The van der Waals surface area contributed by atoms with Crippen LogP contribution in [0.5, 0.6) is 0 Å². The minimum atomic E-state index is -0.463. The van der Waals surface area contributed by atoms with Crippen molar-refractivity contribution >= 4 is 0 Å². The van der Waals surface area contributed by atoms with Gasteiger partial charge in [0.15, 0.2) is 0 Å². The predicted octanol–water partition coefficient (Wildman–Crippen LogP) is 1.89. The minimum absolute atomic E-state index is 0.231. The van der Waals surface area contributed by atoms with Gasteiger partial charge >= 0.3 is 0 Å². The van der Waals surface area contributed by atoms with Crippen LogP contribution in [0.2, 0.25) is 0 Å². The number of furan rings is 1. The van der Waals surface area contributed by atoms with E-state index in [1.807, 2.05) is 6.07 Å². The van der Waals surface area contributed by atoms with E-state index in [1.165, 1.54) is 5.56 Å². The number of ether oxygens (including phenoxy) is 1. The molecule has 0 aromatic carbocycles. The summed E-state index contributed by atoms with van der Waals surface area (Å²) in [5.41, 5.74) is 1.47. The van der Waals surface area contributed by atoms with E-state index >= 15 is 0 Å². The Morgan fingerprint density at radius 2 is 2.39 bits per heavy atom. The van der Waals surface area contributed by atoms with Crippen LogP contribution in [0.15, 0.2) is 16.7 Å². The third-order valence-electron chi connectivity index (χ3n) is 3.51. The van der Waals surface area contributed by atoms with Crippen molar-refractivity contribution in [3.05, 3.63) is 23.7 Å². The van der Waals surface area contributed by atoms with Crippen LogP contribution in [0.4, 0.5) is 0 Å². The summed E-state index contributed by atoms with van der Waals surface area (Å²) >= 11 is 0. The zero-order valence-electron chi connectivity index (χ0n) is 11.4. The van der Waals surface area contributed by atoms with Gasteiger partial charge in [0.25, 0.3) is 0 Å². The van der Waals surface area contributed by atoms with Gasteiger partial charge in [-0.3, -0.25) is 0 Å². The average Bonchev–Trinajstić information content (AvgIpc) is 2.72.